The SMILES string of the molecule is NS(=O)(=O)c1cccnc1NC(c1ccccc1)c1ccccn1. The first-order valence-corrected chi connectivity index (χ1v) is 8.80. The van der Waals surface area contributed by atoms with Crippen LogP contribution in [-0.2, 0) is 10.0 Å². The van der Waals surface area contributed by atoms with Gasteiger partial charge in [-0.15, -0.1) is 0 Å². The van der Waals surface area contributed by atoms with Crippen molar-refractivity contribution < 1.29 is 8.42 Å². The Morgan fingerprint density at radius 1 is 0.875 bits per heavy atom. The fourth-order valence-corrected chi connectivity index (χ4v) is 3.03. The van der Waals surface area contributed by atoms with Crippen LogP contribution in [0.4, 0.5) is 5.82 Å². The van der Waals surface area contributed by atoms with E-state index in [-0.39, 0.29) is 16.8 Å². The third-order valence-corrected chi connectivity index (χ3v) is 4.42. The predicted octanol–water partition coefficient (Wildman–Crippen LogP) is 2.33. The standard InChI is InChI=1S/C17H16N4O2S/c18-24(22,23)15-10-6-12-20-17(15)21-16(13-7-2-1-3-8-13)14-9-4-5-11-19-14/h1-12,16H,(H,20,21)(H2,18,22,23). The van der Waals surface area contributed by atoms with E-state index < -0.39 is 10.0 Å². The van der Waals surface area contributed by atoms with Gasteiger partial charge in [-0.2, -0.15) is 0 Å². The second kappa shape index (κ2) is 6.77. The van der Waals surface area contributed by atoms with E-state index in [1.54, 1.807) is 6.20 Å². The number of pyridine rings is 2. The van der Waals surface area contributed by atoms with Gasteiger partial charge in [0, 0.05) is 12.4 Å². The molecule has 0 amide bonds. The fraction of sp³-hybridized carbons (Fsp3) is 0.0588. The van der Waals surface area contributed by atoms with Gasteiger partial charge in [0.2, 0.25) is 10.0 Å². The van der Waals surface area contributed by atoms with E-state index in [0.717, 1.165) is 11.3 Å². The van der Waals surface area contributed by atoms with Crippen molar-refractivity contribution in [3.63, 3.8) is 0 Å². The van der Waals surface area contributed by atoms with Gasteiger partial charge in [-0.3, -0.25) is 4.98 Å². The lowest BCUT2D eigenvalue weighted by Crippen LogP contribution is -2.19. The first-order valence-electron chi connectivity index (χ1n) is 7.26. The molecule has 2 heterocycles. The highest BCUT2D eigenvalue weighted by Gasteiger charge is 2.20. The van der Waals surface area contributed by atoms with Gasteiger partial charge in [0.1, 0.15) is 10.7 Å². The molecule has 1 unspecified atom stereocenters. The number of hydrogen-bond acceptors (Lipinski definition) is 5. The average Bonchev–Trinajstić information content (AvgIpc) is 2.61. The Labute approximate surface area is 140 Å². The lowest BCUT2D eigenvalue weighted by atomic mass is 10.0. The third-order valence-electron chi connectivity index (χ3n) is 3.47. The Balaban J connectivity index is 2.07. The molecule has 0 aliphatic rings. The molecule has 0 radical (unpaired) electrons. The van der Waals surface area contributed by atoms with Crippen LogP contribution < -0.4 is 10.5 Å². The molecule has 7 heteroatoms. The summed E-state index contributed by atoms with van der Waals surface area (Å²) in [7, 11) is -3.89. The van der Waals surface area contributed by atoms with E-state index in [1.807, 2.05) is 48.5 Å². The maximum atomic E-state index is 11.8. The molecule has 0 saturated carbocycles. The molecule has 1 atom stereocenters. The van der Waals surface area contributed by atoms with E-state index in [1.165, 1.54) is 18.3 Å². The molecule has 2 aromatic heterocycles. The molecule has 0 saturated heterocycles. The average molecular weight is 340 g/mol. The third kappa shape index (κ3) is 3.58. The maximum absolute atomic E-state index is 11.8. The molecule has 3 N–H and O–H groups in total. The van der Waals surface area contributed by atoms with E-state index >= 15 is 0 Å². The zero-order chi connectivity index (χ0) is 17.0. The molecule has 3 aromatic rings. The normalized spacial score (nSPS) is 12.5. The number of benzene rings is 1. The van der Waals surface area contributed by atoms with Crippen LogP contribution in [0.15, 0.2) is 78.0 Å². The smallest absolute Gasteiger partial charge is 0.241 e. The minimum atomic E-state index is -3.89. The van der Waals surface area contributed by atoms with Gasteiger partial charge in [0.15, 0.2) is 0 Å². The van der Waals surface area contributed by atoms with Crippen molar-refractivity contribution in [2.45, 2.75) is 10.9 Å². The van der Waals surface area contributed by atoms with Crippen LogP contribution in [-0.4, -0.2) is 18.4 Å². The van der Waals surface area contributed by atoms with Crippen LogP contribution in [0.5, 0.6) is 0 Å². The molecule has 0 aliphatic heterocycles. The summed E-state index contributed by atoms with van der Waals surface area (Å²) in [4.78, 5) is 8.46. The van der Waals surface area contributed by atoms with Crippen molar-refractivity contribution in [3.05, 3.63) is 84.3 Å². The summed E-state index contributed by atoms with van der Waals surface area (Å²) in [6.07, 6.45) is 3.20. The first-order chi connectivity index (χ1) is 11.6. The molecule has 24 heavy (non-hydrogen) atoms. The van der Waals surface area contributed by atoms with Gasteiger partial charge in [0.05, 0.1) is 11.7 Å². The van der Waals surface area contributed by atoms with E-state index in [0.29, 0.717) is 0 Å². The highest BCUT2D eigenvalue weighted by Crippen LogP contribution is 2.27. The van der Waals surface area contributed by atoms with Crippen LogP contribution in [0, 0.1) is 0 Å². The monoisotopic (exact) mass is 340 g/mol. The molecule has 6 nitrogen and oxygen atoms in total. The number of sulfonamides is 1. The Morgan fingerprint density at radius 2 is 1.58 bits per heavy atom. The number of nitrogens with two attached hydrogens (primary N) is 1. The van der Waals surface area contributed by atoms with Crippen LogP contribution in [0.3, 0.4) is 0 Å². The van der Waals surface area contributed by atoms with Crippen LogP contribution >= 0.6 is 0 Å². The van der Waals surface area contributed by atoms with Crippen molar-refractivity contribution >= 4 is 15.8 Å². The van der Waals surface area contributed by atoms with Crippen molar-refractivity contribution in [3.8, 4) is 0 Å². The summed E-state index contributed by atoms with van der Waals surface area (Å²) >= 11 is 0. The fourth-order valence-electron chi connectivity index (χ4n) is 2.39. The molecule has 122 valence electrons. The van der Waals surface area contributed by atoms with Crippen molar-refractivity contribution in [1.82, 2.24) is 9.97 Å². The van der Waals surface area contributed by atoms with Crippen LogP contribution in [0.2, 0.25) is 0 Å². The number of rotatable bonds is 5. The van der Waals surface area contributed by atoms with Crippen molar-refractivity contribution in [2.75, 3.05) is 5.32 Å². The topological polar surface area (TPSA) is 98.0 Å². The number of anilines is 1. The Kier molecular flexibility index (Phi) is 4.54. The Bertz CT molecular complexity index is 876. The van der Waals surface area contributed by atoms with E-state index in [9.17, 15) is 8.42 Å². The quantitative estimate of drug-likeness (QED) is 0.743. The zero-order valence-corrected chi connectivity index (χ0v) is 13.5. The van der Waals surface area contributed by atoms with Gasteiger partial charge in [0.25, 0.3) is 0 Å². The lowest BCUT2D eigenvalue weighted by Gasteiger charge is -2.20. The number of primary sulfonamides is 1. The second-order valence-electron chi connectivity index (χ2n) is 5.14. The van der Waals surface area contributed by atoms with Gasteiger partial charge in [-0.1, -0.05) is 36.4 Å². The van der Waals surface area contributed by atoms with Gasteiger partial charge >= 0.3 is 0 Å². The number of hydrogen-bond donors (Lipinski definition) is 2. The molecular weight excluding hydrogens is 324 g/mol. The minimum Gasteiger partial charge on any atom is -0.356 e. The molecule has 0 spiro atoms. The molecular formula is C17H16N4O2S. The lowest BCUT2D eigenvalue weighted by molar-refractivity contribution is 0.597. The zero-order valence-electron chi connectivity index (χ0n) is 12.7. The number of aromatic nitrogens is 2. The number of nitrogens with one attached hydrogen (secondary N) is 1. The van der Waals surface area contributed by atoms with Crippen LogP contribution in [0.1, 0.15) is 17.3 Å². The summed E-state index contributed by atoms with van der Waals surface area (Å²) in [6.45, 7) is 0. The van der Waals surface area contributed by atoms with Gasteiger partial charge in [-0.05, 0) is 29.8 Å². The summed E-state index contributed by atoms with van der Waals surface area (Å²) in [6, 6.07) is 17.8. The largest absolute Gasteiger partial charge is 0.356 e. The van der Waals surface area contributed by atoms with Crippen LogP contribution in [0.25, 0.3) is 0 Å². The Hall–Kier alpha value is -2.77. The highest BCUT2D eigenvalue weighted by molar-refractivity contribution is 7.89. The maximum Gasteiger partial charge on any atom is 0.241 e. The van der Waals surface area contributed by atoms with Crippen molar-refractivity contribution in [2.24, 2.45) is 5.14 Å². The molecule has 3 rings (SSSR count). The van der Waals surface area contributed by atoms with E-state index in [4.69, 9.17) is 5.14 Å². The summed E-state index contributed by atoms with van der Waals surface area (Å²) in [5, 5.41) is 8.44. The van der Waals surface area contributed by atoms with E-state index in [2.05, 4.69) is 15.3 Å². The molecule has 0 bridgehead atoms. The molecule has 0 aliphatic carbocycles. The number of nitrogens with zero attached hydrogens (tertiary/aromatic N) is 2. The summed E-state index contributed by atoms with van der Waals surface area (Å²) in [5.41, 5.74) is 1.68. The first kappa shape index (κ1) is 16.1. The highest BCUT2D eigenvalue weighted by atomic mass is 32.2. The molecule has 0 fully saturated rings. The summed E-state index contributed by atoms with van der Waals surface area (Å²) < 4.78 is 23.6. The van der Waals surface area contributed by atoms with Gasteiger partial charge in [-0.25, -0.2) is 18.5 Å². The van der Waals surface area contributed by atoms with Crippen molar-refractivity contribution in [1.29, 1.82) is 0 Å². The minimum absolute atomic E-state index is 0.0538. The van der Waals surface area contributed by atoms with Gasteiger partial charge < -0.3 is 5.32 Å². The summed E-state index contributed by atoms with van der Waals surface area (Å²) in [5.74, 6) is 0.194. The Morgan fingerprint density at radius 3 is 2.25 bits per heavy atom. The molecule has 1 aromatic carbocycles. The predicted molar refractivity (Wildman–Crippen MR) is 91.8 cm³/mol. The second-order valence-corrected chi connectivity index (χ2v) is 6.67.